The first-order valence-electron chi connectivity index (χ1n) is 14.7. The van der Waals surface area contributed by atoms with Crippen LogP contribution in [-0.2, 0) is 22.6 Å². The molecule has 0 saturated carbocycles. The molecule has 0 heterocycles. The predicted molar refractivity (Wildman–Crippen MR) is 172 cm³/mol. The number of carbonyl (C=O) groups is 4. The smallest absolute Gasteiger partial charge is 0.343 e. The standard InChI is InChI=1S/C36H36N2O8/c1-24(2)23-45-31-18-10-28(11-19-31)36(43)46-32-16-6-26(7-17-32)21-38(22-34(40)41)35(42)27-8-12-29(13-9-27)37-33(39)20-25-4-14-30(44-3)15-5-25/h4-19,24H,20-23H2,1-3H3,(H,37,39)(H,40,41). The van der Waals surface area contributed by atoms with Gasteiger partial charge in [0.2, 0.25) is 5.91 Å². The number of methoxy groups -OCH3 is 1. The molecule has 4 rings (SSSR count). The maximum Gasteiger partial charge on any atom is 0.343 e. The van der Waals surface area contributed by atoms with E-state index in [0.29, 0.717) is 46.6 Å². The third kappa shape index (κ3) is 9.95. The van der Waals surface area contributed by atoms with E-state index in [1.54, 1.807) is 79.9 Å². The molecule has 46 heavy (non-hydrogen) atoms. The first kappa shape index (κ1) is 33.3. The quantitative estimate of drug-likeness (QED) is 0.132. The fourth-order valence-electron chi connectivity index (χ4n) is 4.37. The van der Waals surface area contributed by atoms with Gasteiger partial charge in [0.05, 0.1) is 25.7 Å². The maximum absolute atomic E-state index is 13.3. The van der Waals surface area contributed by atoms with E-state index >= 15 is 0 Å². The van der Waals surface area contributed by atoms with Gasteiger partial charge in [-0.25, -0.2) is 4.79 Å². The molecular weight excluding hydrogens is 588 g/mol. The molecule has 4 aromatic rings. The van der Waals surface area contributed by atoms with Gasteiger partial charge in [-0.3, -0.25) is 14.4 Å². The fraction of sp³-hybridized carbons (Fsp3) is 0.222. The van der Waals surface area contributed by atoms with Crippen LogP contribution in [0.3, 0.4) is 0 Å². The van der Waals surface area contributed by atoms with Crippen LogP contribution in [0.15, 0.2) is 97.1 Å². The van der Waals surface area contributed by atoms with Crippen molar-refractivity contribution >= 4 is 29.4 Å². The SMILES string of the molecule is COc1ccc(CC(=O)Nc2ccc(C(=O)N(CC(=O)O)Cc3ccc(OC(=O)c4ccc(OCC(C)C)cc4)cc3)cc2)cc1. The number of carboxylic acids is 1. The van der Waals surface area contributed by atoms with Crippen molar-refractivity contribution in [2.75, 3.05) is 25.6 Å². The molecule has 0 unspecified atom stereocenters. The Kier molecular flexibility index (Phi) is 11.5. The number of rotatable bonds is 14. The van der Waals surface area contributed by atoms with Gasteiger partial charge in [0.15, 0.2) is 0 Å². The van der Waals surface area contributed by atoms with Gasteiger partial charge in [0, 0.05) is 17.8 Å². The summed E-state index contributed by atoms with van der Waals surface area (Å²) in [5, 5.41) is 12.3. The molecule has 10 heteroatoms. The van der Waals surface area contributed by atoms with Gasteiger partial charge >= 0.3 is 11.9 Å². The van der Waals surface area contributed by atoms with Crippen LogP contribution in [0.4, 0.5) is 5.69 Å². The van der Waals surface area contributed by atoms with E-state index in [4.69, 9.17) is 14.2 Å². The van der Waals surface area contributed by atoms with Gasteiger partial charge < -0.3 is 29.5 Å². The lowest BCUT2D eigenvalue weighted by atomic mass is 10.1. The van der Waals surface area contributed by atoms with Crippen molar-refractivity contribution in [2.24, 2.45) is 5.92 Å². The molecule has 2 N–H and O–H groups in total. The number of amides is 2. The largest absolute Gasteiger partial charge is 0.497 e. The summed E-state index contributed by atoms with van der Waals surface area (Å²) in [5.74, 6) is -0.372. The summed E-state index contributed by atoms with van der Waals surface area (Å²) in [6.07, 6.45) is 0.163. The molecule has 4 aromatic carbocycles. The van der Waals surface area contributed by atoms with Gasteiger partial charge in [-0.1, -0.05) is 38.1 Å². The zero-order valence-corrected chi connectivity index (χ0v) is 25.9. The van der Waals surface area contributed by atoms with Gasteiger partial charge in [-0.15, -0.1) is 0 Å². The van der Waals surface area contributed by atoms with Crippen LogP contribution in [0.5, 0.6) is 17.2 Å². The molecule has 0 fully saturated rings. The second kappa shape index (κ2) is 15.9. The fourth-order valence-corrected chi connectivity index (χ4v) is 4.37. The van der Waals surface area contributed by atoms with Crippen LogP contribution in [0.2, 0.25) is 0 Å². The second-order valence-electron chi connectivity index (χ2n) is 11.0. The topological polar surface area (TPSA) is 131 Å². The molecule has 0 aliphatic rings. The minimum atomic E-state index is -1.16. The zero-order valence-electron chi connectivity index (χ0n) is 25.9. The van der Waals surface area contributed by atoms with Crippen LogP contribution in [-0.4, -0.2) is 54.0 Å². The monoisotopic (exact) mass is 624 g/mol. The van der Waals surface area contributed by atoms with Crippen LogP contribution < -0.4 is 19.5 Å². The number of aliphatic carboxylic acids is 1. The average molecular weight is 625 g/mol. The minimum Gasteiger partial charge on any atom is -0.497 e. The molecule has 0 aliphatic heterocycles. The van der Waals surface area contributed by atoms with Gasteiger partial charge in [-0.2, -0.15) is 0 Å². The van der Waals surface area contributed by atoms with Crippen molar-refractivity contribution in [2.45, 2.75) is 26.8 Å². The molecule has 10 nitrogen and oxygen atoms in total. The van der Waals surface area contributed by atoms with Gasteiger partial charge in [-0.05, 0) is 89.8 Å². The number of hydrogen-bond donors (Lipinski definition) is 2. The Labute approximate surface area is 267 Å². The Morgan fingerprint density at radius 3 is 1.89 bits per heavy atom. The average Bonchev–Trinajstić information content (AvgIpc) is 3.04. The van der Waals surface area contributed by atoms with E-state index < -0.39 is 24.4 Å². The van der Waals surface area contributed by atoms with E-state index in [9.17, 15) is 24.3 Å². The number of anilines is 1. The minimum absolute atomic E-state index is 0.0115. The lowest BCUT2D eigenvalue weighted by molar-refractivity contribution is -0.137. The molecule has 238 valence electrons. The van der Waals surface area contributed by atoms with E-state index in [1.165, 1.54) is 17.0 Å². The first-order chi connectivity index (χ1) is 22.1. The lowest BCUT2D eigenvalue weighted by Gasteiger charge is -2.21. The number of hydrogen-bond acceptors (Lipinski definition) is 7. The number of carboxylic acid groups (broad SMARTS) is 1. The van der Waals surface area contributed by atoms with Gasteiger partial charge in [0.25, 0.3) is 5.91 Å². The third-order valence-corrected chi connectivity index (χ3v) is 6.73. The van der Waals surface area contributed by atoms with Crippen molar-refractivity contribution in [3.05, 3.63) is 119 Å². The summed E-state index contributed by atoms with van der Waals surface area (Å²) in [4.78, 5) is 51.1. The highest BCUT2D eigenvalue weighted by atomic mass is 16.5. The van der Waals surface area contributed by atoms with E-state index in [1.807, 2.05) is 26.0 Å². The Morgan fingerprint density at radius 2 is 1.30 bits per heavy atom. The summed E-state index contributed by atoms with van der Waals surface area (Å²) >= 11 is 0. The second-order valence-corrected chi connectivity index (χ2v) is 11.0. The highest BCUT2D eigenvalue weighted by Gasteiger charge is 2.20. The number of nitrogens with zero attached hydrogens (tertiary/aromatic N) is 1. The van der Waals surface area contributed by atoms with Crippen LogP contribution in [0.1, 0.15) is 45.7 Å². The third-order valence-electron chi connectivity index (χ3n) is 6.73. The summed E-state index contributed by atoms with van der Waals surface area (Å²) in [5.41, 5.74) is 2.59. The number of nitrogens with one attached hydrogen (secondary N) is 1. The number of carbonyl (C=O) groups excluding carboxylic acids is 3. The number of benzene rings is 4. The summed E-state index contributed by atoms with van der Waals surface area (Å²) < 4.78 is 16.2. The zero-order chi connectivity index (χ0) is 33.1. The predicted octanol–water partition coefficient (Wildman–Crippen LogP) is 5.86. The maximum atomic E-state index is 13.3. The van der Waals surface area contributed by atoms with E-state index in [-0.39, 0.29) is 24.4 Å². The summed E-state index contributed by atoms with van der Waals surface area (Å²) in [6.45, 7) is 4.16. The highest BCUT2D eigenvalue weighted by Crippen LogP contribution is 2.20. The highest BCUT2D eigenvalue weighted by molar-refractivity contribution is 5.97. The molecule has 0 bridgehead atoms. The molecule has 2 amide bonds. The van der Waals surface area contributed by atoms with Crippen LogP contribution in [0, 0.1) is 5.92 Å². The molecular formula is C36H36N2O8. The van der Waals surface area contributed by atoms with Crippen molar-refractivity contribution in [3.63, 3.8) is 0 Å². The van der Waals surface area contributed by atoms with E-state index in [2.05, 4.69) is 5.32 Å². The Morgan fingerprint density at radius 1 is 0.739 bits per heavy atom. The molecule has 0 aromatic heterocycles. The first-order valence-corrected chi connectivity index (χ1v) is 14.7. The molecule has 0 aliphatic carbocycles. The summed E-state index contributed by atoms with van der Waals surface area (Å²) in [7, 11) is 1.57. The molecule has 0 atom stereocenters. The number of esters is 1. The van der Waals surface area contributed by atoms with Crippen molar-refractivity contribution in [3.8, 4) is 17.2 Å². The van der Waals surface area contributed by atoms with Crippen LogP contribution >= 0.6 is 0 Å². The molecule has 0 saturated heterocycles. The summed E-state index contributed by atoms with van der Waals surface area (Å²) in [6, 6.07) is 26.6. The van der Waals surface area contributed by atoms with Crippen molar-refractivity contribution in [1.29, 1.82) is 0 Å². The Hall–Kier alpha value is -5.64. The Bertz CT molecular complexity index is 1630. The van der Waals surface area contributed by atoms with Crippen molar-refractivity contribution in [1.82, 2.24) is 4.90 Å². The normalized spacial score (nSPS) is 10.6. The molecule has 0 radical (unpaired) electrons. The van der Waals surface area contributed by atoms with Gasteiger partial charge in [0.1, 0.15) is 23.8 Å². The van der Waals surface area contributed by atoms with Crippen molar-refractivity contribution < 1.29 is 38.5 Å². The molecule has 0 spiro atoms. The van der Waals surface area contributed by atoms with Crippen LogP contribution in [0.25, 0.3) is 0 Å². The lowest BCUT2D eigenvalue weighted by Crippen LogP contribution is -2.35. The number of ether oxygens (including phenoxy) is 3. The Balaban J connectivity index is 1.34. The van der Waals surface area contributed by atoms with E-state index in [0.717, 1.165) is 5.56 Å².